The molecule has 3 rings (SSSR count). The SMILES string of the molecule is CCNS(=O)(=O)Nc1ccc(/C=C/C(=O)N(C)Cc2oc3ccccc3c2C)cn1. The molecule has 0 unspecified atom stereocenters. The number of nitrogens with zero attached hydrogens (tertiary/aromatic N) is 2. The summed E-state index contributed by atoms with van der Waals surface area (Å²) < 4.78 is 33.8. The molecule has 9 heteroatoms. The lowest BCUT2D eigenvalue weighted by Crippen LogP contribution is -2.30. The van der Waals surface area contributed by atoms with E-state index in [1.807, 2.05) is 31.2 Å². The molecule has 2 N–H and O–H groups in total. The number of nitrogens with one attached hydrogen (secondary N) is 2. The molecule has 0 atom stereocenters. The van der Waals surface area contributed by atoms with Crippen molar-refractivity contribution in [3.63, 3.8) is 0 Å². The van der Waals surface area contributed by atoms with Gasteiger partial charge in [0.2, 0.25) is 5.91 Å². The summed E-state index contributed by atoms with van der Waals surface area (Å²) >= 11 is 0. The first-order chi connectivity index (χ1) is 14.3. The van der Waals surface area contributed by atoms with Crippen LogP contribution < -0.4 is 9.44 Å². The van der Waals surface area contributed by atoms with Gasteiger partial charge in [-0.2, -0.15) is 13.1 Å². The van der Waals surface area contributed by atoms with E-state index in [-0.39, 0.29) is 18.3 Å². The van der Waals surface area contributed by atoms with Gasteiger partial charge in [0.15, 0.2) is 0 Å². The molecule has 0 saturated heterocycles. The number of anilines is 1. The number of likely N-dealkylation sites (N-methyl/N-ethyl adjacent to an activating group) is 1. The third-order valence-electron chi connectivity index (χ3n) is 4.48. The summed E-state index contributed by atoms with van der Waals surface area (Å²) in [5.74, 6) is 0.753. The zero-order valence-corrected chi connectivity index (χ0v) is 17.9. The van der Waals surface area contributed by atoms with E-state index in [4.69, 9.17) is 4.42 Å². The van der Waals surface area contributed by atoms with Crippen LogP contribution in [-0.4, -0.2) is 37.8 Å². The maximum Gasteiger partial charge on any atom is 0.300 e. The number of hydrogen-bond donors (Lipinski definition) is 2. The lowest BCUT2D eigenvalue weighted by molar-refractivity contribution is -0.125. The fourth-order valence-electron chi connectivity index (χ4n) is 2.89. The van der Waals surface area contributed by atoms with Gasteiger partial charge in [-0.1, -0.05) is 25.1 Å². The molecular formula is C21H24N4O4S. The minimum atomic E-state index is -3.63. The highest BCUT2D eigenvalue weighted by Gasteiger charge is 2.14. The number of aryl methyl sites for hydroxylation is 1. The van der Waals surface area contributed by atoms with Crippen molar-refractivity contribution in [2.45, 2.75) is 20.4 Å². The van der Waals surface area contributed by atoms with Gasteiger partial charge in [0.25, 0.3) is 10.2 Å². The summed E-state index contributed by atoms with van der Waals surface area (Å²) in [5.41, 5.74) is 2.49. The molecule has 0 aliphatic heterocycles. The number of para-hydroxylation sites is 1. The fourth-order valence-corrected chi connectivity index (χ4v) is 3.74. The van der Waals surface area contributed by atoms with E-state index >= 15 is 0 Å². The molecule has 0 saturated carbocycles. The second-order valence-electron chi connectivity index (χ2n) is 6.75. The van der Waals surface area contributed by atoms with E-state index in [2.05, 4.69) is 14.4 Å². The van der Waals surface area contributed by atoms with Crippen molar-refractivity contribution in [2.24, 2.45) is 0 Å². The smallest absolute Gasteiger partial charge is 0.300 e. The molecule has 0 radical (unpaired) electrons. The number of pyridine rings is 1. The highest BCUT2D eigenvalue weighted by molar-refractivity contribution is 7.90. The van der Waals surface area contributed by atoms with Gasteiger partial charge in [0.05, 0.1) is 6.54 Å². The Bertz CT molecular complexity index is 1170. The van der Waals surface area contributed by atoms with Gasteiger partial charge in [-0.3, -0.25) is 9.52 Å². The molecule has 30 heavy (non-hydrogen) atoms. The molecule has 1 aromatic carbocycles. The topological polar surface area (TPSA) is 105 Å². The minimum absolute atomic E-state index is 0.188. The van der Waals surface area contributed by atoms with Crippen LogP contribution in [0.5, 0.6) is 0 Å². The van der Waals surface area contributed by atoms with Gasteiger partial charge < -0.3 is 9.32 Å². The number of furan rings is 1. The first kappa shape index (κ1) is 21.5. The van der Waals surface area contributed by atoms with E-state index in [9.17, 15) is 13.2 Å². The standard InChI is InChI=1S/C21H24N4O4S/c1-4-23-30(27,28)24-20-11-9-16(13-22-20)10-12-21(26)25(3)14-19-15(2)17-7-5-6-8-18(17)29-19/h5-13,23H,4,14H2,1-3H3,(H,22,24)/b12-10+. The number of amides is 1. The Labute approximate surface area is 175 Å². The summed E-state index contributed by atoms with van der Waals surface area (Å²) in [6, 6.07) is 11.0. The molecule has 0 spiro atoms. The fraction of sp³-hybridized carbons (Fsp3) is 0.238. The molecule has 1 amide bonds. The Kier molecular flexibility index (Phi) is 6.53. The quantitative estimate of drug-likeness (QED) is 0.537. The minimum Gasteiger partial charge on any atom is -0.459 e. The average molecular weight is 429 g/mol. The molecule has 8 nitrogen and oxygen atoms in total. The predicted molar refractivity (Wildman–Crippen MR) is 117 cm³/mol. The number of carbonyl (C=O) groups excluding carboxylic acids is 1. The van der Waals surface area contributed by atoms with Crippen LogP contribution in [0.25, 0.3) is 17.0 Å². The van der Waals surface area contributed by atoms with Crippen molar-refractivity contribution in [1.82, 2.24) is 14.6 Å². The van der Waals surface area contributed by atoms with Crippen LogP contribution in [0.15, 0.2) is 53.1 Å². The maximum atomic E-state index is 12.5. The van der Waals surface area contributed by atoms with Crippen LogP contribution in [0.3, 0.4) is 0 Å². The highest BCUT2D eigenvalue weighted by Crippen LogP contribution is 2.25. The van der Waals surface area contributed by atoms with Gasteiger partial charge in [0.1, 0.15) is 17.2 Å². The number of rotatable bonds is 8. The first-order valence-corrected chi connectivity index (χ1v) is 10.9. The molecule has 2 heterocycles. The summed E-state index contributed by atoms with van der Waals surface area (Å²) in [4.78, 5) is 18.1. The Morgan fingerprint density at radius 3 is 2.67 bits per heavy atom. The third-order valence-corrected chi connectivity index (χ3v) is 5.62. The van der Waals surface area contributed by atoms with Crippen molar-refractivity contribution in [3.8, 4) is 0 Å². The van der Waals surface area contributed by atoms with E-state index in [0.717, 1.165) is 22.3 Å². The molecular weight excluding hydrogens is 404 g/mol. The Morgan fingerprint density at radius 2 is 2.00 bits per heavy atom. The number of benzene rings is 1. The number of fused-ring (bicyclic) bond motifs is 1. The summed E-state index contributed by atoms with van der Waals surface area (Å²) in [6.07, 6.45) is 4.55. The summed E-state index contributed by atoms with van der Waals surface area (Å²) in [6.45, 7) is 4.29. The highest BCUT2D eigenvalue weighted by atomic mass is 32.2. The second kappa shape index (κ2) is 9.10. The maximum absolute atomic E-state index is 12.5. The zero-order chi connectivity index (χ0) is 21.7. The Morgan fingerprint density at radius 1 is 1.23 bits per heavy atom. The number of aromatic nitrogens is 1. The Balaban J connectivity index is 1.62. The third kappa shape index (κ3) is 5.25. The van der Waals surface area contributed by atoms with Crippen molar-refractivity contribution in [2.75, 3.05) is 18.3 Å². The van der Waals surface area contributed by atoms with Crippen molar-refractivity contribution >= 4 is 39.0 Å². The normalized spacial score (nSPS) is 11.8. The van der Waals surface area contributed by atoms with Crippen LogP contribution in [0, 0.1) is 6.92 Å². The largest absolute Gasteiger partial charge is 0.459 e. The van der Waals surface area contributed by atoms with Gasteiger partial charge in [0, 0.05) is 36.8 Å². The van der Waals surface area contributed by atoms with Crippen LogP contribution in [0.4, 0.5) is 5.82 Å². The Hall–Kier alpha value is -3.17. The second-order valence-corrected chi connectivity index (χ2v) is 8.25. The van der Waals surface area contributed by atoms with Crippen molar-refractivity contribution in [3.05, 3.63) is 65.6 Å². The van der Waals surface area contributed by atoms with Crippen LogP contribution in [0.2, 0.25) is 0 Å². The van der Waals surface area contributed by atoms with E-state index in [1.165, 1.54) is 18.3 Å². The molecule has 2 aromatic heterocycles. The number of carbonyl (C=O) groups is 1. The van der Waals surface area contributed by atoms with Crippen LogP contribution >= 0.6 is 0 Å². The molecule has 158 valence electrons. The van der Waals surface area contributed by atoms with Crippen molar-refractivity contribution < 1.29 is 17.6 Å². The number of hydrogen-bond acceptors (Lipinski definition) is 5. The van der Waals surface area contributed by atoms with Gasteiger partial charge in [-0.25, -0.2) is 4.98 Å². The molecule has 3 aromatic rings. The van der Waals surface area contributed by atoms with E-state index in [0.29, 0.717) is 12.1 Å². The van der Waals surface area contributed by atoms with Crippen LogP contribution in [0.1, 0.15) is 23.8 Å². The average Bonchev–Trinajstić information content (AvgIpc) is 3.02. The lowest BCUT2D eigenvalue weighted by Gasteiger charge is -2.13. The first-order valence-electron chi connectivity index (χ1n) is 9.42. The summed E-state index contributed by atoms with van der Waals surface area (Å²) in [5, 5.41) is 1.04. The molecule has 0 fully saturated rings. The predicted octanol–water partition coefficient (Wildman–Crippen LogP) is 3.07. The molecule has 0 aliphatic rings. The van der Waals surface area contributed by atoms with Gasteiger partial charge >= 0.3 is 0 Å². The summed E-state index contributed by atoms with van der Waals surface area (Å²) in [7, 11) is -1.92. The van der Waals surface area contributed by atoms with E-state index < -0.39 is 10.2 Å². The van der Waals surface area contributed by atoms with Crippen molar-refractivity contribution in [1.29, 1.82) is 0 Å². The van der Waals surface area contributed by atoms with E-state index in [1.54, 1.807) is 31.0 Å². The molecule has 0 bridgehead atoms. The van der Waals surface area contributed by atoms with Gasteiger partial charge in [-0.15, -0.1) is 0 Å². The zero-order valence-electron chi connectivity index (χ0n) is 17.0. The lowest BCUT2D eigenvalue weighted by atomic mass is 10.1. The van der Waals surface area contributed by atoms with Crippen LogP contribution in [-0.2, 0) is 21.5 Å². The van der Waals surface area contributed by atoms with Gasteiger partial charge in [-0.05, 0) is 36.8 Å². The molecule has 0 aliphatic carbocycles. The monoisotopic (exact) mass is 428 g/mol.